The minimum atomic E-state index is 0.154. The molecule has 1 N–H and O–H groups in total. The molecule has 5 heteroatoms. The average molecular weight is 252 g/mol. The SMILES string of the molecule is CCCn1nccc1CNCC(=O)N(CC)CC. The van der Waals surface area contributed by atoms with Gasteiger partial charge in [-0.05, 0) is 26.3 Å². The quantitative estimate of drug-likeness (QED) is 0.757. The minimum Gasteiger partial charge on any atom is -0.342 e. The normalized spacial score (nSPS) is 10.6. The number of carbonyl (C=O) groups excluding carboxylic acids is 1. The van der Waals surface area contributed by atoms with Crippen LogP contribution in [0.25, 0.3) is 0 Å². The zero-order valence-corrected chi connectivity index (χ0v) is 11.6. The van der Waals surface area contributed by atoms with Crippen LogP contribution < -0.4 is 5.32 Å². The third-order valence-electron chi connectivity index (χ3n) is 2.94. The van der Waals surface area contributed by atoms with E-state index in [4.69, 9.17) is 0 Å². The molecule has 0 aromatic carbocycles. The lowest BCUT2D eigenvalue weighted by molar-refractivity contribution is -0.129. The molecule has 0 saturated heterocycles. The third-order valence-corrected chi connectivity index (χ3v) is 2.94. The highest BCUT2D eigenvalue weighted by Crippen LogP contribution is 1.99. The van der Waals surface area contributed by atoms with E-state index in [9.17, 15) is 4.79 Å². The zero-order chi connectivity index (χ0) is 13.4. The Morgan fingerprint density at radius 2 is 2.11 bits per heavy atom. The summed E-state index contributed by atoms with van der Waals surface area (Å²) in [5.41, 5.74) is 1.13. The number of hydrogen-bond donors (Lipinski definition) is 1. The number of aryl methyl sites for hydroxylation is 1. The van der Waals surface area contributed by atoms with Gasteiger partial charge < -0.3 is 10.2 Å². The van der Waals surface area contributed by atoms with Crippen molar-refractivity contribution in [3.8, 4) is 0 Å². The smallest absolute Gasteiger partial charge is 0.236 e. The van der Waals surface area contributed by atoms with Gasteiger partial charge in [0.05, 0.1) is 12.2 Å². The summed E-state index contributed by atoms with van der Waals surface area (Å²) < 4.78 is 1.98. The summed E-state index contributed by atoms with van der Waals surface area (Å²) in [4.78, 5) is 13.6. The van der Waals surface area contributed by atoms with Gasteiger partial charge in [-0.1, -0.05) is 6.92 Å². The van der Waals surface area contributed by atoms with Crippen molar-refractivity contribution < 1.29 is 4.79 Å². The van der Waals surface area contributed by atoms with Crippen LogP contribution in [0, 0.1) is 0 Å². The Bertz CT molecular complexity index is 358. The maximum Gasteiger partial charge on any atom is 0.236 e. The number of hydrogen-bond acceptors (Lipinski definition) is 3. The summed E-state index contributed by atoms with van der Waals surface area (Å²) in [7, 11) is 0. The molecule has 1 heterocycles. The summed E-state index contributed by atoms with van der Waals surface area (Å²) in [6, 6.07) is 1.99. The second kappa shape index (κ2) is 7.87. The molecule has 1 rings (SSSR count). The highest BCUT2D eigenvalue weighted by Gasteiger charge is 2.09. The van der Waals surface area contributed by atoms with Gasteiger partial charge in [0.1, 0.15) is 0 Å². The molecular weight excluding hydrogens is 228 g/mol. The number of amides is 1. The molecule has 0 aliphatic heterocycles. The van der Waals surface area contributed by atoms with E-state index in [0.29, 0.717) is 13.1 Å². The Hall–Kier alpha value is -1.36. The summed E-state index contributed by atoms with van der Waals surface area (Å²) >= 11 is 0. The molecule has 0 radical (unpaired) electrons. The Kier molecular flexibility index (Phi) is 6.43. The molecule has 1 aromatic heterocycles. The van der Waals surface area contributed by atoms with Crippen LogP contribution in [0.5, 0.6) is 0 Å². The van der Waals surface area contributed by atoms with E-state index in [1.165, 1.54) is 0 Å². The van der Waals surface area contributed by atoms with Gasteiger partial charge in [-0.3, -0.25) is 9.48 Å². The first-order valence-corrected chi connectivity index (χ1v) is 6.72. The largest absolute Gasteiger partial charge is 0.342 e. The van der Waals surface area contributed by atoms with Crippen LogP contribution >= 0.6 is 0 Å². The second-order valence-electron chi connectivity index (χ2n) is 4.22. The highest BCUT2D eigenvalue weighted by atomic mass is 16.2. The summed E-state index contributed by atoms with van der Waals surface area (Å²) in [6.45, 7) is 9.66. The number of likely N-dealkylation sites (N-methyl/N-ethyl adjacent to an activating group) is 1. The van der Waals surface area contributed by atoms with Crippen molar-refractivity contribution >= 4 is 5.91 Å². The van der Waals surface area contributed by atoms with Crippen LogP contribution in [0.15, 0.2) is 12.3 Å². The van der Waals surface area contributed by atoms with Crippen molar-refractivity contribution in [2.24, 2.45) is 0 Å². The van der Waals surface area contributed by atoms with E-state index < -0.39 is 0 Å². The Balaban J connectivity index is 2.37. The molecule has 0 fully saturated rings. The third kappa shape index (κ3) is 4.14. The van der Waals surface area contributed by atoms with Gasteiger partial charge in [-0.25, -0.2) is 0 Å². The molecule has 0 aliphatic carbocycles. The molecule has 0 bridgehead atoms. The van der Waals surface area contributed by atoms with E-state index in [-0.39, 0.29) is 5.91 Å². The van der Waals surface area contributed by atoms with Gasteiger partial charge in [-0.15, -0.1) is 0 Å². The van der Waals surface area contributed by atoms with Crippen molar-refractivity contribution in [3.05, 3.63) is 18.0 Å². The fourth-order valence-electron chi connectivity index (χ4n) is 1.91. The fourth-order valence-corrected chi connectivity index (χ4v) is 1.91. The first kappa shape index (κ1) is 14.7. The fraction of sp³-hybridized carbons (Fsp3) is 0.692. The van der Waals surface area contributed by atoms with Crippen LogP contribution in [0.1, 0.15) is 32.9 Å². The standard InChI is InChI=1S/C13H24N4O/c1-4-9-17-12(7-8-15-17)10-14-11-13(18)16(5-2)6-3/h7-8,14H,4-6,9-11H2,1-3H3. The van der Waals surface area contributed by atoms with Crippen LogP contribution in [-0.2, 0) is 17.9 Å². The molecule has 1 aromatic rings. The van der Waals surface area contributed by atoms with E-state index in [2.05, 4.69) is 17.3 Å². The second-order valence-corrected chi connectivity index (χ2v) is 4.22. The summed E-state index contributed by atoms with van der Waals surface area (Å²) in [6.07, 6.45) is 2.87. The lowest BCUT2D eigenvalue weighted by Gasteiger charge is -2.18. The van der Waals surface area contributed by atoms with E-state index in [1.54, 1.807) is 6.20 Å². The van der Waals surface area contributed by atoms with Crippen LogP contribution in [0.2, 0.25) is 0 Å². The number of nitrogens with zero attached hydrogens (tertiary/aromatic N) is 3. The molecule has 5 nitrogen and oxygen atoms in total. The maximum atomic E-state index is 11.8. The predicted octanol–water partition coefficient (Wildman–Crippen LogP) is 1.25. The number of aromatic nitrogens is 2. The van der Waals surface area contributed by atoms with Crippen molar-refractivity contribution in [2.75, 3.05) is 19.6 Å². The Morgan fingerprint density at radius 3 is 2.72 bits per heavy atom. The molecule has 1 amide bonds. The van der Waals surface area contributed by atoms with Gasteiger partial charge in [0, 0.05) is 32.4 Å². The van der Waals surface area contributed by atoms with Gasteiger partial charge in [0.2, 0.25) is 5.91 Å². The number of carbonyl (C=O) groups is 1. The zero-order valence-electron chi connectivity index (χ0n) is 11.6. The van der Waals surface area contributed by atoms with Crippen molar-refractivity contribution in [3.63, 3.8) is 0 Å². The molecule has 18 heavy (non-hydrogen) atoms. The summed E-state index contributed by atoms with van der Waals surface area (Å²) in [5.74, 6) is 0.154. The lowest BCUT2D eigenvalue weighted by Crippen LogP contribution is -2.37. The van der Waals surface area contributed by atoms with E-state index in [1.807, 2.05) is 29.5 Å². The van der Waals surface area contributed by atoms with Crippen LogP contribution in [0.3, 0.4) is 0 Å². The summed E-state index contributed by atoms with van der Waals surface area (Å²) in [5, 5.41) is 7.44. The van der Waals surface area contributed by atoms with Crippen molar-refractivity contribution in [1.29, 1.82) is 0 Å². The number of nitrogens with one attached hydrogen (secondary N) is 1. The molecule has 102 valence electrons. The monoisotopic (exact) mass is 252 g/mol. The molecule has 0 aliphatic rings. The first-order valence-electron chi connectivity index (χ1n) is 6.72. The van der Waals surface area contributed by atoms with Gasteiger partial charge in [0.25, 0.3) is 0 Å². The van der Waals surface area contributed by atoms with Crippen LogP contribution in [0.4, 0.5) is 0 Å². The van der Waals surface area contributed by atoms with Gasteiger partial charge in [0.15, 0.2) is 0 Å². The van der Waals surface area contributed by atoms with Crippen molar-refractivity contribution in [1.82, 2.24) is 20.0 Å². The first-order chi connectivity index (χ1) is 8.72. The Morgan fingerprint density at radius 1 is 1.39 bits per heavy atom. The number of rotatable bonds is 8. The lowest BCUT2D eigenvalue weighted by atomic mass is 10.4. The topological polar surface area (TPSA) is 50.2 Å². The average Bonchev–Trinajstić information content (AvgIpc) is 2.79. The Labute approximate surface area is 109 Å². The van der Waals surface area contributed by atoms with Gasteiger partial charge in [-0.2, -0.15) is 5.10 Å². The molecule has 0 spiro atoms. The molecule has 0 atom stereocenters. The maximum absolute atomic E-state index is 11.8. The highest BCUT2D eigenvalue weighted by molar-refractivity contribution is 5.78. The van der Waals surface area contributed by atoms with Crippen LogP contribution in [-0.4, -0.2) is 40.2 Å². The molecule has 0 unspecified atom stereocenters. The van der Waals surface area contributed by atoms with E-state index >= 15 is 0 Å². The molecule has 0 saturated carbocycles. The molecular formula is C13H24N4O. The van der Waals surface area contributed by atoms with E-state index in [0.717, 1.165) is 31.7 Å². The minimum absolute atomic E-state index is 0.154. The predicted molar refractivity (Wildman–Crippen MR) is 72.2 cm³/mol. The van der Waals surface area contributed by atoms with Gasteiger partial charge >= 0.3 is 0 Å². The van der Waals surface area contributed by atoms with Crippen molar-refractivity contribution in [2.45, 2.75) is 40.3 Å².